The summed E-state index contributed by atoms with van der Waals surface area (Å²) in [5.41, 5.74) is 2.99. The number of halogens is 3. The van der Waals surface area contributed by atoms with Gasteiger partial charge in [-0.1, -0.05) is 53.5 Å². The molecule has 1 N–H and O–H groups in total. The van der Waals surface area contributed by atoms with Gasteiger partial charge in [0.1, 0.15) is 5.82 Å². The lowest BCUT2D eigenvalue weighted by Gasteiger charge is -2.31. The number of piperidine rings is 1. The van der Waals surface area contributed by atoms with Gasteiger partial charge in [0.15, 0.2) is 5.65 Å². The highest BCUT2D eigenvalue weighted by atomic mass is 79.9. The van der Waals surface area contributed by atoms with E-state index >= 15 is 0 Å². The number of sulfonamides is 1. The van der Waals surface area contributed by atoms with Crippen molar-refractivity contribution in [2.75, 3.05) is 25.0 Å². The fourth-order valence-electron chi connectivity index (χ4n) is 4.44. The van der Waals surface area contributed by atoms with Crippen molar-refractivity contribution in [3.63, 3.8) is 0 Å². The standard InChI is InChI=1S/C25H24BrCl2N5O2S/c26-21-15-30-33-24(13-23(31-25(21)33)20-6-1-2-7-22(20)28)29-14-17-8-10-32(11-9-17)36(34,35)16-18-4-3-5-19(27)12-18/h1-7,12-13,15,17,29H,8-11,14,16H2. The van der Waals surface area contributed by atoms with E-state index in [4.69, 9.17) is 28.2 Å². The van der Waals surface area contributed by atoms with E-state index in [1.165, 1.54) is 0 Å². The van der Waals surface area contributed by atoms with Gasteiger partial charge in [-0.3, -0.25) is 0 Å². The average Bonchev–Trinajstić information content (AvgIpc) is 3.23. The first kappa shape index (κ1) is 25.5. The summed E-state index contributed by atoms with van der Waals surface area (Å²) in [5, 5.41) is 9.13. The number of rotatable bonds is 7. The van der Waals surface area contributed by atoms with Gasteiger partial charge in [0.2, 0.25) is 10.0 Å². The number of hydrogen-bond acceptors (Lipinski definition) is 5. The van der Waals surface area contributed by atoms with Gasteiger partial charge >= 0.3 is 0 Å². The van der Waals surface area contributed by atoms with Crippen molar-refractivity contribution in [2.24, 2.45) is 5.92 Å². The number of aromatic nitrogens is 3. The Balaban J connectivity index is 1.26. The summed E-state index contributed by atoms with van der Waals surface area (Å²) >= 11 is 16.0. The first-order chi connectivity index (χ1) is 17.3. The lowest BCUT2D eigenvalue weighted by Crippen LogP contribution is -2.40. The normalized spacial score (nSPS) is 15.4. The second-order valence-electron chi connectivity index (χ2n) is 8.84. The Morgan fingerprint density at radius 1 is 1.06 bits per heavy atom. The minimum absolute atomic E-state index is 0.0372. The molecule has 11 heteroatoms. The zero-order valence-corrected chi connectivity index (χ0v) is 23.2. The van der Waals surface area contributed by atoms with Crippen LogP contribution in [0.5, 0.6) is 0 Å². The maximum Gasteiger partial charge on any atom is 0.218 e. The van der Waals surface area contributed by atoms with Crippen LogP contribution in [-0.4, -0.2) is 47.0 Å². The van der Waals surface area contributed by atoms with E-state index < -0.39 is 10.0 Å². The van der Waals surface area contributed by atoms with Gasteiger partial charge in [0.25, 0.3) is 0 Å². The van der Waals surface area contributed by atoms with E-state index in [2.05, 4.69) is 26.3 Å². The molecule has 36 heavy (non-hydrogen) atoms. The summed E-state index contributed by atoms with van der Waals surface area (Å²) in [6, 6.07) is 16.6. The predicted molar refractivity (Wildman–Crippen MR) is 148 cm³/mol. The molecule has 4 aromatic rings. The van der Waals surface area contributed by atoms with Gasteiger partial charge in [-0.25, -0.2) is 17.7 Å². The second-order valence-corrected chi connectivity index (χ2v) is 12.5. The Hall–Kier alpha value is -2.17. The van der Waals surface area contributed by atoms with Crippen LogP contribution >= 0.6 is 39.1 Å². The van der Waals surface area contributed by atoms with E-state index in [0.717, 1.165) is 34.4 Å². The molecule has 0 unspecified atom stereocenters. The monoisotopic (exact) mass is 607 g/mol. The first-order valence-electron chi connectivity index (χ1n) is 11.6. The third kappa shape index (κ3) is 5.55. The minimum Gasteiger partial charge on any atom is -0.370 e. The molecule has 1 saturated heterocycles. The molecular formula is C25H24BrCl2N5O2S. The van der Waals surface area contributed by atoms with Crippen molar-refractivity contribution < 1.29 is 8.42 Å². The molecule has 1 aliphatic rings. The Morgan fingerprint density at radius 3 is 2.58 bits per heavy atom. The third-order valence-corrected chi connectivity index (χ3v) is 9.33. The van der Waals surface area contributed by atoms with Gasteiger partial charge in [-0.05, 0) is 58.5 Å². The van der Waals surface area contributed by atoms with Crippen molar-refractivity contribution in [1.82, 2.24) is 18.9 Å². The van der Waals surface area contributed by atoms with E-state index in [0.29, 0.717) is 46.8 Å². The third-order valence-electron chi connectivity index (χ3n) is 6.36. The molecule has 1 fully saturated rings. The molecule has 3 heterocycles. The summed E-state index contributed by atoms with van der Waals surface area (Å²) in [6.45, 7) is 1.69. The maximum absolute atomic E-state index is 12.9. The van der Waals surface area contributed by atoms with Crippen LogP contribution in [0.2, 0.25) is 10.0 Å². The van der Waals surface area contributed by atoms with Crippen LogP contribution in [0.25, 0.3) is 16.9 Å². The minimum atomic E-state index is -3.40. The summed E-state index contributed by atoms with van der Waals surface area (Å²) in [6.07, 6.45) is 3.26. The molecule has 0 saturated carbocycles. The van der Waals surface area contributed by atoms with Crippen LogP contribution in [0.3, 0.4) is 0 Å². The Bertz CT molecular complexity index is 1500. The summed E-state index contributed by atoms with van der Waals surface area (Å²) in [7, 11) is -3.40. The van der Waals surface area contributed by atoms with Crippen LogP contribution in [-0.2, 0) is 15.8 Å². The molecule has 2 aromatic carbocycles. The molecule has 0 aliphatic carbocycles. The molecule has 2 aromatic heterocycles. The van der Waals surface area contributed by atoms with Crippen molar-refractivity contribution in [2.45, 2.75) is 18.6 Å². The van der Waals surface area contributed by atoms with E-state index in [-0.39, 0.29) is 5.75 Å². The number of benzene rings is 2. The summed E-state index contributed by atoms with van der Waals surface area (Å²) < 4.78 is 30.0. The van der Waals surface area contributed by atoms with Crippen LogP contribution in [0, 0.1) is 5.92 Å². The van der Waals surface area contributed by atoms with Crippen LogP contribution in [0.15, 0.2) is 65.3 Å². The number of nitrogens with zero attached hydrogens (tertiary/aromatic N) is 4. The van der Waals surface area contributed by atoms with Gasteiger partial charge in [0.05, 0.1) is 22.1 Å². The molecule has 0 spiro atoms. The average molecular weight is 609 g/mol. The van der Waals surface area contributed by atoms with Crippen molar-refractivity contribution in [3.05, 3.63) is 80.9 Å². The van der Waals surface area contributed by atoms with E-state index in [9.17, 15) is 8.42 Å². The molecule has 5 rings (SSSR count). The highest BCUT2D eigenvalue weighted by Gasteiger charge is 2.28. The molecule has 0 radical (unpaired) electrons. The van der Waals surface area contributed by atoms with Gasteiger partial charge in [0, 0.05) is 41.3 Å². The molecule has 1 aliphatic heterocycles. The molecule has 188 valence electrons. The largest absolute Gasteiger partial charge is 0.370 e. The lowest BCUT2D eigenvalue weighted by atomic mass is 9.98. The van der Waals surface area contributed by atoms with Gasteiger partial charge in [-0.2, -0.15) is 9.61 Å². The smallest absolute Gasteiger partial charge is 0.218 e. The topological polar surface area (TPSA) is 79.6 Å². The number of hydrogen-bond donors (Lipinski definition) is 1. The summed E-state index contributed by atoms with van der Waals surface area (Å²) in [5.74, 6) is 1.09. The van der Waals surface area contributed by atoms with Crippen molar-refractivity contribution in [3.8, 4) is 11.3 Å². The fourth-order valence-corrected chi connectivity index (χ4v) is 6.78. The van der Waals surface area contributed by atoms with Crippen molar-refractivity contribution in [1.29, 1.82) is 0 Å². The van der Waals surface area contributed by atoms with Crippen LogP contribution < -0.4 is 5.32 Å². The fraction of sp³-hybridized carbons (Fsp3) is 0.280. The van der Waals surface area contributed by atoms with E-state index in [1.807, 2.05) is 30.3 Å². The number of nitrogens with one attached hydrogen (secondary N) is 1. The molecule has 0 amide bonds. The number of fused-ring (bicyclic) bond motifs is 1. The maximum atomic E-state index is 12.9. The van der Waals surface area contributed by atoms with Crippen molar-refractivity contribution >= 4 is 60.6 Å². The Morgan fingerprint density at radius 2 is 1.83 bits per heavy atom. The Kier molecular flexibility index (Phi) is 7.55. The molecular weight excluding hydrogens is 585 g/mol. The quantitative estimate of drug-likeness (QED) is 0.273. The highest BCUT2D eigenvalue weighted by Crippen LogP contribution is 2.31. The molecule has 0 bridgehead atoms. The summed E-state index contributed by atoms with van der Waals surface area (Å²) in [4.78, 5) is 4.75. The first-order valence-corrected chi connectivity index (χ1v) is 14.7. The molecule has 0 atom stereocenters. The van der Waals surface area contributed by atoms with Crippen LogP contribution in [0.4, 0.5) is 5.82 Å². The predicted octanol–water partition coefficient (Wildman–Crippen LogP) is 6.12. The highest BCUT2D eigenvalue weighted by molar-refractivity contribution is 9.10. The zero-order chi connectivity index (χ0) is 25.3. The molecule has 7 nitrogen and oxygen atoms in total. The second kappa shape index (κ2) is 10.7. The van der Waals surface area contributed by atoms with E-state index in [1.54, 1.807) is 39.3 Å². The van der Waals surface area contributed by atoms with Crippen LogP contribution in [0.1, 0.15) is 18.4 Å². The lowest BCUT2D eigenvalue weighted by molar-refractivity contribution is 0.282. The zero-order valence-electron chi connectivity index (χ0n) is 19.2. The Labute approximate surface area is 228 Å². The van der Waals surface area contributed by atoms with Gasteiger partial charge < -0.3 is 5.32 Å². The number of anilines is 1. The SMILES string of the molecule is O=S(=O)(Cc1cccc(Cl)c1)N1CCC(CNc2cc(-c3ccccc3Cl)nc3c(Br)cnn23)CC1. The van der Waals surface area contributed by atoms with Gasteiger partial charge in [-0.15, -0.1) is 0 Å².